The molecule has 2 heterocycles. The van der Waals surface area contributed by atoms with Crippen molar-refractivity contribution in [2.45, 2.75) is 0 Å². The molecule has 0 saturated carbocycles. The summed E-state index contributed by atoms with van der Waals surface area (Å²) < 4.78 is 0. The topological polar surface area (TPSA) is 81.0 Å². The summed E-state index contributed by atoms with van der Waals surface area (Å²) in [5, 5.41) is 20.2. The molecule has 0 unspecified atom stereocenters. The van der Waals surface area contributed by atoms with Gasteiger partial charge in [-0.1, -0.05) is 18.2 Å². The summed E-state index contributed by atoms with van der Waals surface area (Å²) in [7, 11) is 0. The summed E-state index contributed by atoms with van der Waals surface area (Å²) in [5.74, 6) is 1.26. The monoisotopic (exact) mass is 357 g/mol. The SMILES string of the molecule is N#Cc1ccc(Nc2nncc(N3CCN(c4ccccc4)CC3)n2)cc1. The van der Waals surface area contributed by atoms with Gasteiger partial charge in [-0.25, -0.2) is 0 Å². The lowest BCUT2D eigenvalue weighted by Crippen LogP contribution is -2.46. The minimum Gasteiger partial charge on any atom is -0.368 e. The highest BCUT2D eigenvalue weighted by atomic mass is 15.3. The fourth-order valence-corrected chi connectivity index (χ4v) is 3.09. The van der Waals surface area contributed by atoms with Gasteiger partial charge in [-0.2, -0.15) is 15.3 Å². The molecule has 0 bridgehead atoms. The first-order chi connectivity index (χ1) is 13.3. The van der Waals surface area contributed by atoms with Gasteiger partial charge in [0.25, 0.3) is 0 Å². The number of piperazine rings is 1. The average molecular weight is 357 g/mol. The van der Waals surface area contributed by atoms with E-state index >= 15 is 0 Å². The van der Waals surface area contributed by atoms with E-state index in [1.807, 2.05) is 18.2 Å². The van der Waals surface area contributed by atoms with Crippen molar-refractivity contribution in [1.82, 2.24) is 15.2 Å². The van der Waals surface area contributed by atoms with E-state index in [0.717, 1.165) is 37.7 Å². The highest BCUT2D eigenvalue weighted by Gasteiger charge is 2.19. The van der Waals surface area contributed by atoms with E-state index < -0.39 is 0 Å². The van der Waals surface area contributed by atoms with Crippen LogP contribution in [-0.2, 0) is 0 Å². The van der Waals surface area contributed by atoms with Gasteiger partial charge in [-0.3, -0.25) is 0 Å². The van der Waals surface area contributed by atoms with Gasteiger partial charge in [0.15, 0.2) is 5.82 Å². The summed E-state index contributed by atoms with van der Waals surface area (Å²) in [4.78, 5) is 9.19. The van der Waals surface area contributed by atoms with Gasteiger partial charge in [0, 0.05) is 37.6 Å². The first-order valence-corrected chi connectivity index (χ1v) is 8.84. The summed E-state index contributed by atoms with van der Waals surface area (Å²) >= 11 is 0. The molecule has 1 N–H and O–H groups in total. The predicted molar refractivity (Wildman–Crippen MR) is 105 cm³/mol. The Bertz CT molecular complexity index is 927. The van der Waals surface area contributed by atoms with Crippen LogP contribution in [0.2, 0.25) is 0 Å². The lowest BCUT2D eigenvalue weighted by Gasteiger charge is -2.36. The van der Waals surface area contributed by atoms with Gasteiger partial charge in [-0.15, -0.1) is 5.10 Å². The van der Waals surface area contributed by atoms with Crippen LogP contribution in [0, 0.1) is 11.3 Å². The van der Waals surface area contributed by atoms with Crippen LogP contribution in [0.3, 0.4) is 0 Å². The number of para-hydroxylation sites is 1. The number of benzene rings is 2. The molecule has 1 aliphatic rings. The van der Waals surface area contributed by atoms with Crippen LogP contribution in [0.5, 0.6) is 0 Å². The van der Waals surface area contributed by atoms with E-state index in [0.29, 0.717) is 11.5 Å². The molecular weight excluding hydrogens is 338 g/mol. The lowest BCUT2D eigenvalue weighted by atomic mass is 10.2. The standard InChI is InChI=1S/C20H19N7/c21-14-16-6-8-17(9-7-16)23-20-24-19(15-22-25-20)27-12-10-26(11-13-27)18-4-2-1-3-5-18/h1-9,15H,10-13H2,(H,23,24,25). The second kappa shape index (κ2) is 7.70. The third-order valence-electron chi connectivity index (χ3n) is 4.54. The number of nitrogens with zero attached hydrogens (tertiary/aromatic N) is 6. The van der Waals surface area contributed by atoms with Crippen molar-refractivity contribution in [3.63, 3.8) is 0 Å². The van der Waals surface area contributed by atoms with Crippen LogP contribution in [0.15, 0.2) is 60.8 Å². The van der Waals surface area contributed by atoms with Crippen LogP contribution < -0.4 is 15.1 Å². The summed E-state index contributed by atoms with van der Waals surface area (Å²) in [6.45, 7) is 3.63. The molecule has 1 saturated heterocycles. The molecule has 0 amide bonds. The normalized spacial score (nSPS) is 13.9. The molecule has 4 rings (SSSR count). The number of anilines is 4. The van der Waals surface area contributed by atoms with Crippen molar-refractivity contribution in [2.75, 3.05) is 41.3 Å². The molecule has 2 aromatic carbocycles. The van der Waals surface area contributed by atoms with Gasteiger partial charge in [0.05, 0.1) is 17.8 Å². The maximum absolute atomic E-state index is 8.88. The molecule has 3 aromatic rings. The molecule has 0 atom stereocenters. The minimum absolute atomic E-state index is 0.447. The zero-order chi connectivity index (χ0) is 18.5. The number of aromatic nitrogens is 3. The molecule has 27 heavy (non-hydrogen) atoms. The molecule has 1 aromatic heterocycles. The molecule has 0 aliphatic carbocycles. The smallest absolute Gasteiger partial charge is 0.249 e. The van der Waals surface area contributed by atoms with Gasteiger partial charge >= 0.3 is 0 Å². The second-order valence-electron chi connectivity index (χ2n) is 6.26. The van der Waals surface area contributed by atoms with Gasteiger partial charge in [0.2, 0.25) is 5.95 Å². The Morgan fingerprint density at radius 3 is 2.30 bits per heavy atom. The van der Waals surface area contributed by atoms with Crippen molar-refractivity contribution in [3.05, 3.63) is 66.4 Å². The van der Waals surface area contributed by atoms with Crippen molar-refractivity contribution in [3.8, 4) is 6.07 Å². The largest absolute Gasteiger partial charge is 0.368 e. The van der Waals surface area contributed by atoms with Crippen molar-refractivity contribution in [2.24, 2.45) is 0 Å². The van der Waals surface area contributed by atoms with Crippen LogP contribution in [0.1, 0.15) is 5.56 Å². The van der Waals surface area contributed by atoms with Crippen molar-refractivity contribution in [1.29, 1.82) is 5.26 Å². The Hall–Kier alpha value is -3.66. The fraction of sp³-hybridized carbons (Fsp3) is 0.200. The minimum atomic E-state index is 0.447. The van der Waals surface area contributed by atoms with Gasteiger partial charge in [-0.05, 0) is 36.4 Å². The third kappa shape index (κ3) is 3.96. The molecule has 134 valence electrons. The molecule has 7 nitrogen and oxygen atoms in total. The van der Waals surface area contributed by atoms with Crippen LogP contribution in [0.4, 0.5) is 23.1 Å². The van der Waals surface area contributed by atoms with E-state index in [1.54, 1.807) is 18.3 Å². The summed E-state index contributed by atoms with van der Waals surface area (Å²) in [6, 6.07) is 19.7. The number of hydrogen-bond acceptors (Lipinski definition) is 7. The first-order valence-electron chi connectivity index (χ1n) is 8.84. The number of hydrogen-bond donors (Lipinski definition) is 1. The van der Waals surface area contributed by atoms with E-state index in [9.17, 15) is 0 Å². The van der Waals surface area contributed by atoms with Gasteiger partial charge in [0.1, 0.15) is 0 Å². The van der Waals surface area contributed by atoms with Crippen molar-refractivity contribution < 1.29 is 0 Å². The molecule has 0 radical (unpaired) electrons. The second-order valence-corrected chi connectivity index (χ2v) is 6.26. The Morgan fingerprint density at radius 1 is 0.889 bits per heavy atom. The number of nitriles is 1. The maximum atomic E-state index is 8.88. The maximum Gasteiger partial charge on any atom is 0.249 e. The number of nitrogens with one attached hydrogen (secondary N) is 1. The molecule has 7 heteroatoms. The third-order valence-corrected chi connectivity index (χ3v) is 4.54. The Labute approximate surface area is 157 Å². The zero-order valence-corrected chi connectivity index (χ0v) is 14.8. The van der Waals surface area contributed by atoms with E-state index in [2.05, 4.69) is 60.6 Å². The molecule has 1 fully saturated rings. The average Bonchev–Trinajstić information content (AvgIpc) is 2.75. The van der Waals surface area contributed by atoms with Crippen LogP contribution in [-0.4, -0.2) is 41.4 Å². The highest BCUT2D eigenvalue weighted by Crippen LogP contribution is 2.20. The Morgan fingerprint density at radius 2 is 1.59 bits per heavy atom. The molecule has 0 spiro atoms. The summed E-state index contributed by atoms with van der Waals surface area (Å²) in [5.41, 5.74) is 2.69. The quantitative estimate of drug-likeness (QED) is 0.769. The van der Waals surface area contributed by atoms with Crippen molar-refractivity contribution >= 4 is 23.1 Å². The predicted octanol–water partition coefficient (Wildman–Crippen LogP) is 2.81. The fourth-order valence-electron chi connectivity index (χ4n) is 3.09. The first kappa shape index (κ1) is 16.8. The zero-order valence-electron chi connectivity index (χ0n) is 14.8. The molecule has 1 aliphatic heterocycles. The Kier molecular flexibility index (Phi) is 4.79. The van der Waals surface area contributed by atoms with E-state index in [4.69, 9.17) is 5.26 Å². The lowest BCUT2D eigenvalue weighted by molar-refractivity contribution is 0.645. The number of rotatable bonds is 4. The Balaban J connectivity index is 1.41. The van der Waals surface area contributed by atoms with Crippen LogP contribution >= 0.6 is 0 Å². The van der Waals surface area contributed by atoms with E-state index in [1.165, 1.54) is 5.69 Å². The molecular formula is C20H19N7. The summed E-state index contributed by atoms with van der Waals surface area (Å²) in [6.07, 6.45) is 1.70. The van der Waals surface area contributed by atoms with Gasteiger partial charge < -0.3 is 15.1 Å². The highest BCUT2D eigenvalue weighted by molar-refractivity contribution is 5.56. The van der Waals surface area contributed by atoms with E-state index in [-0.39, 0.29) is 0 Å². The van der Waals surface area contributed by atoms with Crippen LogP contribution in [0.25, 0.3) is 0 Å².